The summed E-state index contributed by atoms with van der Waals surface area (Å²) >= 11 is 0. The summed E-state index contributed by atoms with van der Waals surface area (Å²) in [7, 11) is 0. The van der Waals surface area contributed by atoms with Gasteiger partial charge < -0.3 is 5.32 Å². The molecule has 5 heteroatoms. The third-order valence-corrected chi connectivity index (χ3v) is 3.45. The first-order valence-corrected chi connectivity index (χ1v) is 6.57. The molecule has 0 amide bonds. The Morgan fingerprint density at radius 3 is 3.05 bits per heavy atom. The third-order valence-electron chi connectivity index (χ3n) is 3.45. The summed E-state index contributed by atoms with van der Waals surface area (Å²) < 4.78 is 15.1. The Labute approximate surface area is 111 Å². The molecule has 1 aliphatic carbocycles. The molecule has 1 fully saturated rings. The first-order chi connectivity index (χ1) is 9.22. The summed E-state index contributed by atoms with van der Waals surface area (Å²) in [6, 6.07) is 5.48. The van der Waals surface area contributed by atoms with Crippen molar-refractivity contribution in [2.75, 3.05) is 0 Å². The van der Waals surface area contributed by atoms with E-state index in [1.165, 1.54) is 18.9 Å². The Hall–Kier alpha value is -1.75. The number of nitrogens with zero attached hydrogens (tertiary/aromatic N) is 3. The molecule has 0 spiro atoms. The molecule has 0 aliphatic heterocycles. The van der Waals surface area contributed by atoms with Gasteiger partial charge in [0.25, 0.3) is 0 Å². The normalized spacial score (nSPS) is 14.8. The molecule has 0 unspecified atom stereocenters. The number of nitrogens with one attached hydrogen (secondary N) is 1. The van der Waals surface area contributed by atoms with Crippen molar-refractivity contribution < 1.29 is 4.39 Å². The van der Waals surface area contributed by atoms with E-state index < -0.39 is 0 Å². The fourth-order valence-electron chi connectivity index (χ4n) is 2.05. The number of benzene rings is 1. The Morgan fingerprint density at radius 2 is 2.26 bits per heavy atom. The topological polar surface area (TPSA) is 42.7 Å². The zero-order chi connectivity index (χ0) is 13.2. The van der Waals surface area contributed by atoms with Crippen molar-refractivity contribution in [2.45, 2.75) is 38.9 Å². The van der Waals surface area contributed by atoms with Gasteiger partial charge >= 0.3 is 0 Å². The second-order valence-corrected chi connectivity index (χ2v) is 5.06. The summed E-state index contributed by atoms with van der Waals surface area (Å²) in [6.45, 7) is 3.26. The molecule has 3 rings (SSSR count). The maximum Gasteiger partial charge on any atom is 0.141 e. The van der Waals surface area contributed by atoms with Gasteiger partial charge in [-0.2, -0.15) is 5.10 Å². The first kappa shape index (κ1) is 12.3. The van der Waals surface area contributed by atoms with Crippen LogP contribution in [-0.4, -0.2) is 20.8 Å². The van der Waals surface area contributed by atoms with Crippen LogP contribution >= 0.6 is 0 Å². The Morgan fingerprint density at radius 1 is 1.42 bits per heavy atom. The molecule has 0 bridgehead atoms. The second kappa shape index (κ2) is 5.09. The quantitative estimate of drug-likeness (QED) is 0.894. The van der Waals surface area contributed by atoms with Crippen LogP contribution in [0.25, 0.3) is 0 Å². The number of rotatable bonds is 5. The lowest BCUT2D eigenvalue weighted by molar-refractivity contribution is 0.577. The van der Waals surface area contributed by atoms with Gasteiger partial charge in [0.15, 0.2) is 0 Å². The second-order valence-electron chi connectivity index (χ2n) is 5.06. The van der Waals surface area contributed by atoms with Crippen LogP contribution in [0, 0.1) is 12.7 Å². The molecule has 1 saturated carbocycles. The van der Waals surface area contributed by atoms with Crippen molar-refractivity contribution in [3.8, 4) is 0 Å². The number of halogens is 1. The molecule has 1 aliphatic rings. The van der Waals surface area contributed by atoms with Gasteiger partial charge in [-0.15, -0.1) is 0 Å². The summed E-state index contributed by atoms with van der Waals surface area (Å²) in [5.41, 5.74) is 2.01. The third kappa shape index (κ3) is 2.98. The molecule has 19 heavy (non-hydrogen) atoms. The minimum Gasteiger partial charge on any atom is -0.307 e. The van der Waals surface area contributed by atoms with E-state index in [1.54, 1.807) is 18.5 Å². The Bertz CT molecular complexity index is 575. The molecule has 1 aromatic heterocycles. The van der Waals surface area contributed by atoms with E-state index in [-0.39, 0.29) is 5.82 Å². The zero-order valence-corrected chi connectivity index (χ0v) is 10.9. The molecule has 1 heterocycles. The lowest BCUT2D eigenvalue weighted by Crippen LogP contribution is -2.20. The molecular weight excluding hydrogens is 243 g/mol. The monoisotopic (exact) mass is 260 g/mol. The van der Waals surface area contributed by atoms with Gasteiger partial charge in [-0.25, -0.2) is 14.1 Å². The SMILES string of the molecule is Cc1ccc(F)cc1Cn1ncnc1CNC1CC1. The highest BCUT2D eigenvalue weighted by Gasteiger charge is 2.21. The summed E-state index contributed by atoms with van der Waals surface area (Å²) in [5, 5.41) is 7.64. The molecule has 2 aromatic rings. The van der Waals surface area contributed by atoms with Gasteiger partial charge in [0, 0.05) is 6.04 Å². The van der Waals surface area contributed by atoms with Crippen LogP contribution in [0.2, 0.25) is 0 Å². The van der Waals surface area contributed by atoms with E-state index in [1.807, 2.05) is 11.6 Å². The van der Waals surface area contributed by atoms with E-state index in [2.05, 4.69) is 15.4 Å². The highest BCUT2D eigenvalue weighted by Crippen LogP contribution is 2.19. The molecule has 0 saturated heterocycles. The van der Waals surface area contributed by atoms with E-state index in [0.29, 0.717) is 12.6 Å². The van der Waals surface area contributed by atoms with Crippen LogP contribution in [0.3, 0.4) is 0 Å². The van der Waals surface area contributed by atoms with Crippen molar-refractivity contribution in [1.82, 2.24) is 20.1 Å². The molecule has 0 atom stereocenters. The highest BCUT2D eigenvalue weighted by molar-refractivity contribution is 5.26. The number of aromatic nitrogens is 3. The summed E-state index contributed by atoms with van der Waals surface area (Å²) in [5.74, 6) is 0.689. The average molecular weight is 260 g/mol. The molecule has 0 radical (unpaired) electrons. The minimum absolute atomic E-state index is 0.210. The van der Waals surface area contributed by atoms with Crippen molar-refractivity contribution >= 4 is 0 Å². The molecule has 1 N–H and O–H groups in total. The lowest BCUT2D eigenvalue weighted by Gasteiger charge is -2.09. The smallest absolute Gasteiger partial charge is 0.141 e. The summed E-state index contributed by atoms with van der Waals surface area (Å²) in [6.07, 6.45) is 4.05. The van der Waals surface area contributed by atoms with E-state index in [0.717, 1.165) is 23.5 Å². The fraction of sp³-hybridized carbons (Fsp3) is 0.429. The van der Waals surface area contributed by atoms with E-state index >= 15 is 0 Å². The average Bonchev–Trinajstić information content (AvgIpc) is 3.12. The lowest BCUT2D eigenvalue weighted by atomic mass is 10.1. The fourth-order valence-corrected chi connectivity index (χ4v) is 2.05. The molecule has 1 aromatic carbocycles. The van der Waals surface area contributed by atoms with Gasteiger partial charge in [0.05, 0.1) is 13.1 Å². The van der Waals surface area contributed by atoms with Crippen molar-refractivity contribution in [1.29, 1.82) is 0 Å². The number of hydrogen-bond acceptors (Lipinski definition) is 3. The van der Waals surface area contributed by atoms with Crippen LogP contribution in [-0.2, 0) is 13.1 Å². The maximum atomic E-state index is 13.3. The summed E-state index contributed by atoms with van der Waals surface area (Å²) in [4.78, 5) is 4.26. The van der Waals surface area contributed by atoms with Gasteiger partial charge in [-0.05, 0) is 43.0 Å². The van der Waals surface area contributed by atoms with Crippen LogP contribution in [0.5, 0.6) is 0 Å². The van der Waals surface area contributed by atoms with E-state index in [9.17, 15) is 4.39 Å². The van der Waals surface area contributed by atoms with E-state index in [4.69, 9.17) is 0 Å². The minimum atomic E-state index is -0.210. The van der Waals surface area contributed by atoms with Crippen molar-refractivity contribution in [2.24, 2.45) is 0 Å². The van der Waals surface area contributed by atoms with Gasteiger partial charge in [0.2, 0.25) is 0 Å². The van der Waals surface area contributed by atoms with Crippen LogP contribution in [0.15, 0.2) is 24.5 Å². The molecule has 100 valence electrons. The largest absolute Gasteiger partial charge is 0.307 e. The molecule has 4 nitrogen and oxygen atoms in total. The zero-order valence-electron chi connectivity index (χ0n) is 10.9. The van der Waals surface area contributed by atoms with Gasteiger partial charge in [-0.1, -0.05) is 6.07 Å². The van der Waals surface area contributed by atoms with Crippen molar-refractivity contribution in [3.63, 3.8) is 0 Å². The first-order valence-electron chi connectivity index (χ1n) is 6.57. The number of hydrogen-bond donors (Lipinski definition) is 1. The van der Waals surface area contributed by atoms with Crippen LogP contribution < -0.4 is 5.32 Å². The predicted molar refractivity (Wildman–Crippen MR) is 70.1 cm³/mol. The highest BCUT2D eigenvalue weighted by atomic mass is 19.1. The van der Waals surface area contributed by atoms with Crippen molar-refractivity contribution in [3.05, 3.63) is 47.3 Å². The van der Waals surface area contributed by atoms with Crippen LogP contribution in [0.4, 0.5) is 4.39 Å². The van der Waals surface area contributed by atoms with Crippen LogP contribution in [0.1, 0.15) is 29.8 Å². The number of aryl methyl sites for hydroxylation is 1. The maximum absolute atomic E-state index is 13.3. The van der Waals surface area contributed by atoms with Gasteiger partial charge in [0.1, 0.15) is 18.0 Å². The van der Waals surface area contributed by atoms with Gasteiger partial charge in [-0.3, -0.25) is 0 Å². The Kier molecular flexibility index (Phi) is 3.29. The standard InChI is InChI=1S/C14H17FN4/c1-10-2-3-12(15)6-11(10)8-19-14(17-9-18-19)7-16-13-4-5-13/h2-3,6,9,13,16H,4-5,7-8H2,1H3. The Balaban J connectivity index is 1.74. The molecular formula is C14H17FN4. The predicted octanol–water partition coefficient (Wildman–Crippen LogP) is 2.03.